The minimum absolute atomic E-state index is 0.0174. The molecule has 4 heterocycles. The average Bonchev–Trinajstić information content (AvgIpc) is 1.61. The fraction of sp³-hybridized carbons (Fsp3) is 0.838. The molecular formula is C74H114F8N12O13. The first-order valence-corrected chi connectivity index (χ1v) is 38.7. The van der Waals surface area contributed by atoms with Crippen LogP contribution < -0.4 is 16.0 Å². The van der Waals surface area contributed by atoms with Gasteiger partial charge >= 0.3 is 12.4 Å². The molecule has 0 radical (unpaired) electrons. The Balaban J connectivity index is 1.18. The van der Waals surface area contributed by atoms with Gasteiger partial charge in [0.05, 0.1) is 38.6 Å². The van der Waals surface area contributed by atoms with E-state index in [-0.39, 0.29) is 122 Å². The molecule has 12 amide bonds. The number of ether oxygens (including phenoxy) is 1. The maximum atomic E-state index is 15.6. The molecule has 4 aliphatic heterocycles. The summed E-state index contributed by atoms with van der Waals surface area (Å²) in [7, 11) is 8.12. The molecule has 4 aliphatic carbocycles. The van der Waals surface area contributed by atoms with Gasteiger partial charge in [0.1, 0.15) is 72.1 Å². The summed E-state index contributed by atoms with van der Waals surface area (Å²) in [5.41, 5.74) is -1.62. The van der Waals surface area contributed by atoms with Gasteiger partial charge in [-0.25, -0.2) is 8.78 Å². The van der Waals surface area contributed by atoms with Crippen molar-refractivity contribution in [2.24, 2.45) is 41.4 Å². The van der Waals surface area contributed by atoms with E-state index in [9.17, 15) is 55.1 Å². The van der Waals surface area contributed by atoms with Gasteiger partial charge in [0.25, 0.3) is 0 Å². The number of alkyl halides is 8. The summed E-state index contributed by atoms with van der Waals surface area (Å²) in [4.78, 5) is 192. The Hall–Kier alpha value is -6.96. The Labute approximate surface area is 622 Å². The van der Waals surface area contributed by atoms with Crippen LogP contribution in [0.25, 0.3) is 0 Å². The smallest absolute Gasteiger partial charge is 0.378 e. The van der Waals surface area contributed by atoms with Gasteiger partial charge in [-0.05, 0) is 145 Å². The third-order valence-electron chi connectivity index (χ3n) is 24.2. The second-order valence-corrected chi connectivity index (χ2v) is 32.2. The minimum atomic E-state index is -5.20. The molecule has 604 valence electrons. The molecule has 1 spiro atoms. The molecule has 4 saturated carbocycles. The van der Waals surface area contributed by atoms with E-state index in [1.807, 2.05) is 13.8 Å². The van der Waals surface area contributed by atoms with E-state index in [2.05, 4.69) is 16.0 Å². The maximum absolute atomic E-state index is 15.6. The van der Waals surface area contributed by atoms with Gasteiger partial charge in [0.2, 0.25) is 70.9 Å². The zero-order chi connectivity index (χ0) is 78.9. The van der Waals surface area contributed by atoms with E-state index in [0.29, 0.717) is 51.4 Å². The van der Waals surface area contributed by atoms with E-state index in [4.69, 9.17) is 4.74 Å². The minimum Gasteiger partial charge on any atom is -0.378 e. The van der Waals surface area contributed by atoms with Crippen LogP contribution in [0.15, 0.2) is 0 Å². The third kappa shape index (κ3) is 20.9. The summed E-state index contributed by atoms with van der Waals surface area (Å²) in [6.45, 7) is 6.07. The number of fused-ring (bicyclic) bond motifs is 3. The Bertz CT molecular complexity index is 3170. The number of morpholine rings is 1. The lowest BCUT2D eigenvalue weighted by Crippen LogP contribution is -2.62. The highest BCUT2D eigenvalue weighted by atomic mass is 19.4. The van der Waals surface area contributed by atoms with Crippen molar-refractivity contribution in [1.82, 2.24) is 60.0 Å². The molecule has 0 aromatic heterocycles. The average molecular weight is 1530 g/mol. The van der Waals surface area contributed by atoms with Gasteiger partial charge in [0, 0.05) is 68.5 Å². The highest BCUT2D eigenvalue weighted by molar-refractivity contribution is 6.01. The molecule has 0 aromatic rings. The number of carbonyl (C=O) groups is 12. The second-order valence-electron chi connectivity index (χ2n) is 32.2. The molecule has 107 heavy (non-hydrogen) atoms. The lowest BCUT2D eigenvalue weighted by atomic mass is 9.76. The monoisotopic (exact) mass is 1530 g/mol. The predicted octanol–water partition coefficient (Wildman–Crippen LogP) is 5.94. The third-order valence-corrected chi connectivity index (χ3v) is 24.2. The number of hydrogen-bond acceptors (Lipinski definition) is 13. The van der Waals surface area contributed by atoms with E-state index >= 15 is 37.5 Å². The largest absolute Gasteiger partial charge is 0.397 e. The van der Waals surface area contributed by atoms with Crippen LogP contribution in [0.3, 0.4) is 0 Å². The van der Waals surface area contributed by atoms with E-state index < -0.39 is 224 Å². The van der Waals surface area contributed by atoms with Crippen molar-refractivity contribution in [3.8, 4) is 0 Å². The van der Waals surface area contributed by atoms with Crippen molar-refractivity contribution in [2.75, 3.05) is 94.8 Å². The van der Waals surface area contributed by atoms with Crippen LogP contribution in [0.1, 0.15) is 182 Å². The molecule has 3 N–H and O–H groups in total. The SMILES string of the molecule is CC[C@H](C)[C@@H]1NC(=O)[C@H](CC(C)C)N(C)C(=O)C[C@@H](C(=O)N2CCOCC2)N(C)C(=O)[C@H](C2CCCC2)N(C)C(=O)C2(CC2)NC(=O)[C@@H]2CCCN2C(=O)[C@H](CCC2CC(F)C(C(F)(F)F)C(F)C2)NC(=O)CN(C)C(=O)[C@H](CC2CCC(C(F)(F)F)CC2)N2CCCCC[C@@H](C2=O)N(C)C(=O)CN(C)C1=O. The van der Waals surface area contributed by atoms with Crippen LogP contribution in [-0.4, -0.2) is 288 Å². The topological polar surface area (TPSA) is 279 Å². The van der Waals surface area contributed by atoms with E-state index in [1.54, 1.807) is 13.8 Å². The molecule has 2 bridgehead atoms. The predicted molar refractivity (Wildman–Crippen MR) is 374 cm³/mol. The number of hydrogen-bond donors (Lipinski definition) is 3. The first-order valence-electron chi connectivity index (χ1n) is 38.7. The first kappa shape index (κ1) is 85.6. The number of nitrogens with one attached hydrogen (secondary N) is 3. The molecule has 8 fully saturated rings. The molecule has 8 aliphatic rings. The fourth-order valence-electron chi connectivity index (χ4n) is 17.3. The fourth-order valence-corrected chi connectivity index (χ4v) is 17.3. The summed E-state index contributed by atoms with van der Waals surface area (Å²) in [6, 6.07) is -11.0. The molecule has 2 unspecified atom stereocenters. The number of amides is 12. The van der Waals surface area contributed by atoms with Crippen molar-refractivity contribution in [2.45, 2.75) is 260 Å². The van der Waals surface area contributed by atoms with Crippen LogP contribution in [-0.2, 0) is 62.3 Å². The van der Waals surface area contributed by atoms with Gasteiger partial charge in [-0.2, -0.15) is 26.3 Å². The van der Waals surface area contributed by atoms with Crippen LogP contribution in [0.2, 0.25) is 0 Å². The van der Waals surface area contributed by atoms with Crippen LogP contribution in [0, 0.1) is 41.4 Å². The number of likely N-dealkylation sites (N-methyl/N-ethyl adjacent to an activating group) is 6. The second kappa shape index (κ2) is 36.7. The van der Waals surface area contributed by atoms with E-state index in [1.165, 1.54) is 66.8 Å². The molecule has 25 nitrogen and oxygen atoms in total. The van der Waals surface area contributed by atoms with Crippen molar-refractivity contribution < 1.29 is 97.4 Å². The van der Waals surface area contributed by atoms with Gasteiger partial charge < -0.3 is 64.8 Å². The van der Waals surface area contributed by atoms with Crippen molar-refractivity contribution in [1.29, 1.82) is 0 Å². The quantitative estimate of drug-likeness (QED) is 0.202. The van der Waals surface area contributed by atoms with Crippen molar-refractivity contribution >= 4 is 70.9 Å². The molecule has 0 aromatic carbocycles. The van der Waals surface area contributed by atoms with Crippen LogP contribution in [0.4, 0.5) is 35.1 Å². The number of rotatable bonds is 11. The zero-order valence-corrected chi connectivity index (χ0v) is 63.8. The van der Waals surface area contributed by atoms with Crippen LogP contribution in [0.5, 0.6) is 0 Å². The number of carbonyl (C=O) groups excluding carboxylic acids is 12. The zero-order valence-electron chi connectivity index (χ0n) is 63.8. The summed E-state index contributed by atoms with van der Waals surface area (Å²) in [6.07, 6.45) is -14.0. The highest BCUT2D eigenvalue weighted by Gasteiger charge is 2.58. The summed E-state index contributed by atoms with van der Waals surface area (Å²) in [5, 5.41) is 8.38. The summed E-state index contributed by atoms with van der Waals surface area (Å²) in [5.74, 6) is -16.5. The van der Waals surface area contributed by atoms with Gasteiger partial charge in [-0.3, -0.25) is 57.5 Å². The van der Waals surface area contributed by atoms with E-state index in [0.717, 1.165) is 19.6 Å². The Morgan fingerprint density at radius 2 is 1.17 bits per heavy atom. The standard InChI is InChI=1S/C74H114F8N12O13/c1-11-44(4)61-69(104)87(6)42-59(97)88(7)53-20-13-12-16-30-94(68(53)103)56(39-45-22-25-48(26-23-45)73(77,78)79)66(101)86(5)41-57(95)83-51(27-24-46-37-49(75)60(50(76)38-46)74(80,81)82)65(100)93-31-17-21-52(93)64(99)85-72(28-29-72)71(106)91(10)62(47-18-14-15-19-47)70(105)90(9)55(67(102)92-32-34-107-35-33-92)40-58(96)89(8)54(36-43(2)3)63(98)84-61/h43-56,60-62H,11-42H2,1-10H3,(H,83,95)(H,84,98)(H,85,99)/t44-,45?,46?,48?,49?,50?,51-,52-,53-,54-,55-,56-,60?,61-,62-/m0/s1. The van der Waals surface area contributed by atoms with Crippen molar-refractivity contribution in [3.05, 3.63) is 0 Å². The molecule has 4 saturated heterocycles. The summed E-state index contributed by atoms with van der Waals surface area (Å²) < 4.78 is 120. The first-order chi connectivity index (χ1) is 50.3. The lowest BCUT2D eigenvalue weighted by Gasteiger charge is -2.41. The van der Waals surface area contributed by atoms with Crippen LogP contribution >= 0.6 is 0 Å². The Morgan fingerprint density at radius 3 is 1.76 bits per heavy atom. The molecule has 8 rings (SSSR count). The highest BCUT2D eigenvalue weighted by Crippen LogP contribution is 2.46. The maximum Gasteiger partial charge on any atom is 0.397 e. The van der Waals surface area contributed by atoms with Gasteiger partial charge in [-0.15, -0.1) is 0 Å². The molecule has 33 heteroatoms. The van der Waals surface area contributed by atoms with Crippen molar-refractivity contribution in [3.63, 3.8) is 0 Å². The molecule has 11 atom stereocenters. The summed E-state index contributed by atoms with van der Waals surface area (Å²) >= 11 is 0. The number of halogens is 8. The molecular weight excluding hydrogens is 1420 g/mol. The number of nitrogens with zero attached hydrogens (tertiary/aromatic N) is 9. The van der Waals surface area contributed by atoms with Gasteiger partial charge in [0.15, 0.2) is 0 Å². The Morgan fingerprint density at radius 1 is 0.570 bits per heavy atom. The normalized spacial score (nSPS) is 32.1. The van der Waals surface area contributed by atoms with Gasteiger partial charge in [-0.1, -0.05) is 59.8 Å². The lowest BCUT2D eigenvalue weighted by molar-refractivity contribution is -0.219. The Kier molecular flexibility index (Phi) is 29.4.